The average molecular weight is 277 g/mol. The molecule has 1 saturated carbocycles. The standard InChI is InChI=1S/C18H28FN/c1-12-7-9-16(19)15(10-12)18(3,4)14-8-6-13(2)11-17(14)20-5/h7,9-10,13-14,17,20H,6,8,11H2,1-5H3. The number of nitrogens with one attached hydrogen (secondary N) is 1. The SMILES string of the molecule is CNC1CC(C)CCC1C(C)(C)c1cc(C)ccc1F. The van der Waals surface area contributed by atoms with Crippen LogP contribution in [-0.2, 0) is 5.41 Å². The number of benzene rings is 1. The highest BCUT2D eigenvalue weighted by Gasteiger charge is 2.40. The Hall–Kier alpha value is -0.890. The Morgan fingerprint density at radius 1 is 1.25 bits per heavy atom. The second-order valence-electron chi connectivity index (χ2n) is 7.12. The first kappa shape index (κ1) is 15.5. The predicted molar refractivity (Wildman–Crippen MR) is 83.5 cm³/mol. The van der Waals surface area contributed by atoms with Gasteiger partial charge in [0, 0.05) is 6.04 Å². The van der Waals surface area contributed by atoms with Crippen LogP contribution >= 0.6 is 0 Å². The average Bonchev–Trinajstić information content (AvgIpc) is 2.40. The van der Waals surface area contributed by atoms with E-state index in [-0.39, 0.29) is 11.2 Å². The second kappa shape index (κ2) is 5.85. The lowest BCUT2D eigenvalue weighted by atomic mass is 9.63. The Balaban J connectivity index is 2.35. The molecule has 0 bridgehead atoms. The third kappa shape index (κ3) is 2.90. The molecule has 112 valence electrons. The third-order valence-electron chi connectivity index (χ3n) is 5.23. The van der Waals surface area contributed by atoms with Crippen molar-refractivity contribution in [2.24, 2.45) is 11.8 Å². The summed E-state index contributed by atoms with van der Waals surface area (Å²) in [5.41, 5.74) is 1.88. The summed E-state index contributed by atoms with van der Waals surface area (Å²) < 4.78 is 14.3. The highest BCUT2D eigenvalue weighted by molar-refractivity contribution is 5.31. The van der Waals surface area contributed by atoms with E-state index < -0.39 is 0 Å². The van der Waals surface area contributed by atoms with Crippen molar-refractivity contribution < 1.29 is 4.39 Å². The summed E-state index contributed by atoms with van der Waals surface area (Å²) in [5, 5.41) is 3.47. The molecule has 1 fully saturated rings. The van der Waals surface area contributed by atoms with Crippen molar-refractivity contribution in [3.8, 4) is 0 Å². The Morgan fingerprint density at radius 2 is 1.95 bits per heavy atom. The number of halogens is 1. The lowest BCUT2D eigenvalue weighted by molar-refractivity contribution is 0.149. The number of aryl methyl sites for hydroxylation is 1. The highest BCUT2D eigenvalue weighted by atomic mass is 19.1. The van der Waals surface area contributed by atoms with Crippen molar-refractivity contribution >= 4 is 0 Å². The molecular formula is C18H28FN. The van der Waals surface area contributed by atoms with Gasteiger partial charge in [0.1, 0.15) is 5.82 Å². The molecule has 0 spiro atoms. The minimum absolute atomic E-state index is 0.0610. The van der Waals surface area contributed by atoms with Crippen LogP contribution < -0.4 is 5.32 Å². The summed E-state index contributed by atoms with van der Waals surface area (Å²) in [5.74, 6) is 1.19. The fourth-order valence-corrected chi connectivity index (χ4v) is 3.90. The molecule has 3 unspecified atom stereocenters. The molecule has 0 heterocycles. The van der Waals surface area contributed by atoms with E-state index in [1.807, 2.05) is 26.1 Å². The van der Waals surface area contributed by atoms with E-state index in [2.05, 4.69) is 26.1 Å². The van der Waals surface area contributed by atoms with Gasteiger partial charge >= 0.3 is 0 Å². The maximum atomic E-state index is 14.3. The van der Waals surface area contributed by atoms with Gasteiger partial charge in [0.2, 0.25) is 0 Å². The van der Waals surface area contributed by atoms with Gasteiger partial charge in [-0.15, -0.1) is 0 Å². The van der Waals surface area contributed by atoms with Crippen molar-refractivity contribution in [1.82, 2.24) is 5.32 Å². The Kier molecular flexibility index (Phi) is 4.53. The van der Waals surface area contributed by atoms with Crippen LogP contribution in [0.2, 0.25) is 0 Å². The Morgan fingerprint density at radius 3 is 2.60 bits per heavy atom. The minimum atomic E-state index is -0.135. The van der Waals surface area contributed by atoms with Gasteiger partial charge in [-0.05, 0) is 55.7 Å². The lowest BCUT2D eigenvalue weighted by Crippen LogP contribution is -2.47. The zero-order chi connectivity index (χ0) is 14.9. The zero-order valence-electron chi connectivity index (χ0n) is 13.5. The van der Waals surface area contributed by atoms with Gasteiger partial charge in [-0.25, -0.2) is 4.39 Å². The molecule has 1 N–H and O–H groups in total. The van der Waals surface area contributed by atoms with Crippen LogP contribution in [0.15, 0.2) is 18.2 Å². The largest absolute Gasteiger partial charge is 0.317 e. The van der Waals surface area contributed by atoms with Gasteiger partial charge in [0.15, 0.2) is 0 Å². The normalized spacial score (nSPS) is 27.6. The van der Waals surface area contributed by atoms with Crippen molar-refractivity contribution in [1.29, 1.82) is 0 Å². The third-order valence-corrected chi connectivity index (χ3v) is 5.23. The maximum Gasteiger partial charge on any atom is 0.126 e. The summed E-state index contributed by atoms with van der Waals surface area (Å²) in [6.45, 7) is 8.77. The summed E-state index contributed by atoms with van der Waals surface area (Å²) in [7, 11) is 2.04. The molecular weight excluding hydrogens is 249 g/mol. The Bertz CT molecular complexity index is 466. The van der Waals surface area contributed by atoms with Crippen LogP contribution in [-0.4, -0.2) is 13.1 Å². The summed E-state index contributed by atoms with van der Waals surface area (Å²) in [6, 6.07) is 5.98. The number of hydrogen-bond acceptors (Lipinski definition) is 1. The van der Waals surface area contributed by atoms with Crippen LogP contribution in [0.25, 0.3) is 0 Å². The second-order valence-corrected chi connectivity index (χ2v) is 7.12. The first-order valence-electron chi connectivity index (χ1n) is 7.80. The molecule has 0 aromatic heterocycles. The molecule has 1 aromatic rings. The summed E-state index contributed by atoms with van der Waals surface area (Å²) in [4.78, 5) is 0. The quantitative estimate of drug-likeness (QED) is 0.861. The van der Waals surface area contributed by atoms with Crippen molar-refractivity contribution in [2.75, 3.05) is 7.05 Å². The van der Waals surface area contributed by atoms with Gasteiger partial charge < -0.3 is 5.32 Å². The molecule has 0 saturated heterocycles. The molecule has 3 atom stereocenters. The maximum absolute atomic E-state index is 14.3. The van der Waals surface area contributed by atoms with E-state index in [1.54, 1.807) is 6.07 Å². The van der Waals surface area contributed by atoms with Gasteiger partial charge in [-0.3, -0.25) is 0 Å². The summed E-state index contributed by atoms with van der Waals surface area (Å²) in [6.07, 6.45) is 3.62. The van der Waals surface area contributed by atoms with Crippen LogP contribution in [0.3, 0.4) is 0 Å². The molecule has 20 heavy (non-hydrogen) atoms. The lowest BCUT2D eigenvalue weighted by Gasteiger charge is -2.44. The molecule has 0 amide bonds. The van der Waals surface area contributed by atoms with Gasteiger partial charge in [-0.1, -0.05) is 44.9 Å². The van der Waals surface area contributed by atoms with E-state index >= 15 is 0 Å². The molecule has 1 aliphatic rings. The fraction of sp³-hybridized carbons (Fsp3) is 0.667. The van der Waals surface area contributed by atoms with Crippen molar-refractivity contribution in [2.45, 2.75) is 58.4 Å². The summed E-state index contributed by atoms with van der Waals surface area (Å²) >= 11 is 0. The molecule has 1 aliphatic carbocycles. The number of rotatable bonds is 3. The molecule has 1 nitrogen and oxygen atoms in total. The van der Waals surface area contributed by atoms with E-state index in [4.69, 9.17) is 0 Å². The smallest absolute Gasteiger partial charge is 0.126 e. The van der Waals surface area contributed by atoms with Gasteiger partial charge in [0.05, 0.1) is 0 Å². The van der Waals surface area contributed by atoms with Gasteiger partial charge in [0.25, 0.3) is 0 Å². The predicted octanol–water partition coefficient (Wildman–Crippen LogP) is 4.44. The molecule has 0 aliphatic heterocycles. The minimum Gasteiger partial charge on any atom is -0.317 e. The van der Waals surface area contributed by atoms with Gasteiger partial charge in [-0.2, -0.15) is 0 Å². The van der Waals surface area contributed by atoms with E-state index in [1.165, 1.54) is 19.3 Å². The van der Waals surface area contributed by atoms with Crippen LogP contribution in [0, 0.1) is 24.6 Å². The Labute approximate surface area is 123 Å². The van der Waals surface area contributed by atoms with Crippen LogP contribution in [0.5, 0.6) is 0 Å². The first-order chi connectivity index (χ1) is 9.36. The van der Waals surface area contributed by atoms with Crippen LogP contribution in [0.1, 0.15) is 51.2 Å². The van der Waals surface area contributed by atoms with E-state index in [0.29, 0.717) is 12.0 Å². The van der Waals surface area contributed by atoms with Crippen molar-refractivity contribution in [3.05, 3.63) is 35.1 Å². The molecule has 2 heteroatoms. The van der Waals surface area contributed by atoms with Crippen molar-refractivity contribution in [3.63, 3.8) is 0 Å². The fourth-order valence-electron chi connectivity index (χ4n) is 3.90. The molecule has 0 radical (unpaired) electrons. The molecule has 1 aromatic carbocycles. The molecule has 2 rings (SSSR count). The van der Waals surface area contributed by atoms with Crippen LogP contribution in [0.4, 0.5) is 4.39 Å². The first-order valence-corrected chi connectivity index (χ1v) is 7.80. The van der Waals surface area contributed by atoms with E-state index in [0.717, 1.165) is 17.0 Å². The topological polar surface area (TPSA) is 12.0 Å². The highest BCUT2D eigenvalue weighted by Crippen LogP contribution is 2.43. The zero-order valence-corrected chi connectivity index (χ0v) is 13.5. The van der Waals surface area contributed by atoms with E-state index in [9.17, 15) is 4.39 Å². The number of hydrogen-bond donors (Lipinski definition) is 1. The monoisotopic (exact) mass is 277 g/mol.